The first-order chi connectivity index (χ1) is 14.0. The van der Waals surface area contributed by atoms with Crippen molar-refractivity contribution >= 4 is 17.5 Å². The quantitative estimate of drug-likeness (QED) is 0.580. The van der Waals surface area contributed by atoms with Crippen LogP contribution < -0.4 is 11.1 Å². The van der Waals surface area contributed by atoms with Crippen LogP contribution >= 0.6 is 0 Å². The third kappa shape index (κ3) is 3.86. The molecule has 4 N–H and O–H groups in total. The van der Waals surface area contributed by atoms with Gasteiger partial charge in [-0.25, -0.2) is 9.97 Å². The van der Waals surface area contributed by atoms with Gasteiger partial charge in [-0.1, -0.05) is 19.3 Å². The lowest BCUT2D eigenvalue weighted by Gasteiger charge is -2.26. The Morgan fingerprint density at radius 3 is 2.83 bits per heavy atom. The maximum Gasteiger partial charge on any atom is 0.271 e. The monoisotopic (exact) mass is 397 g/mol. The third-order valence-corrected chi connectivity index (χ3v) is 5.41. The molecule has 0 radical (unpaired) electrons. The molecular formula is C20H23N5O4. The van der Waals surface area contributed by atoms with Crippen LogP contribution in [0.15, 0.2) is 35.2 Å². The second-order valence-electron chi connectivity index (χ2n) is 7.33. The topological polar surface area (TPSA) is 136 Å². The van der Waals surface area contributed by atoms with E-state index in [1.54, 1.807) is 18.2 Å². The zero-order valence-corrected chi connectivity index (χ0v) is 15.9. The van der Waals surface area contributed by atoms with Crippen LogP contribution in [0.25, 0.3) is 17.1 Å². The van der Waals surface area contributed by atoms with E-state index in [0.717, 1.165) is 25.7 Å². The van der Waals surface area contributed by atoms with Crippen LogP contribution in [-0.4, -0.2) is 43.9 Å². The van der Waals surface area contributed by atoms with Gasteiger partial charge in [-0.05, 0) is 37.0 Å². The van der Waals surface area contributed by atoms with Gasteiger partial charge in [-0.15, -0.1) is 0 Å². The highest BCUT2D eigenvalue weighted by molar-refractivity contribution is 5.99. The average Bonchev–Trinajstić information content (AvgIpc) is 3.41. The Hall–Kier alpha value is -3.20. The molecule has 1 aliphatic carbocycles. The molecule has 3 heterocycles. The summed E-state index contributed by atoms with van der Waals surface area (Å²) in [5.41, 5.74) is 6.12. The lowest BCUT2D eigenvalue weighted by molar-refractivity contribution is 0.0735. The number of carbonyl (C=O) groups excluding carboxylic acids is 2. The summed E-state index contributed by atoms with van der Waals surface area (Å²) < 4.78 is 6.79. The Morgan fingerprint density at radius 2 is 2.14 bits per heavy atom. The second kappa shape index (κ2) is 8.04. The summed E-state index contributed by atoms with van der Waals surface area (Å²) in [7, 11) is 0. The minimum atomic E-state index is -0.740. The van der Waals surface area contributed by atoms with Gasteiger partial charge in [0.2, 0.25) is 0 Å². The van der Waals surface area contributed by atoms with Gasteiger partial charge in [0.25, 0.3) is 11.8 Å². The summed E-state index contributed by atoms with van der Waals surface area (Å²) in [6.07, 6.45) is 7.60. The molecule has 3 aromatic heterocycles. The van der Waals surface area contributed by atoms with Crippen LogP contribution in [0.2, 0.25) is 0 Å². The Bertz CT molecular complexity index is 1020. The number of furan rings is 1. The first kappa shape index (κ1) is 19.1. The molecule has 3 aromatic rings. The fourth-order valence-electron chi connectivity index (χ4n) is 3.84. The number of nitrogens with one attached hydrogen (secondary N) is 1. The number of nitrogens with zero attached hydrogens (tertiary/aromatic N) is 3. The number of aliphatic hydroxyl groups is 1. The van der Waals surface area contributed by atoms with E-state index >= 15 is 0 Å². The molecule has 29 heavy (non-hydrogen) atoms. The first-order valence-electron chi connectivity index (χ1n) is 9.72. The maximum atomic E-state index is 12.9. The number of imidazole rings is 1. The van der Waals surface area contributed by atoms with Gasteiger partial charge in [0.1, 0.15) is 17.7 Å². The van der Waals surface area contributed by atoms with Crippen molar-refractivity contribution in [3.8, 4) is 11.5 Å². The Balaban J connectivity index is 1.63. The van der Waals surface area contributed by atoms with Gasteiger partial charge in [0, 0.05) is 6.54 Å². The number of hydrogen-bond acceptors (Lipinski definition) is 6. The molecule has 152 valence electrons. The molecule has 9 heteroatoms. The Morgan fingerprint density at radius 1 is 1.34 bits per heavy atom. The van der Waals surface area contributed by atoms with Crippen LogP contribution in [0.3, 0.4) is 0 Å². The normalized spacial score (nSPS) is 16.0. The smallest absolute Gasteiger partial charge is 0.271 e. The first-order valence-corrected chi connectivity index (χ1v) is 9.72. The van der Waals surface area contributed by atoms with Crippen molar-refractivity contribution < 1.29 is 19.1 Å². The van der Waals surface area contributed by atoms with Crippen LogP contribution in [0.4, 0.5) is 0 Å². The summed E-state index contributed by atoms with van der Waals surface area (Å²) in [6, 6.07) is 4.96. The summed E-state index contributed by atoms with van der Waals surface area (Å²) in [5.74, 6) is -0.500. The van der Waals surface area contributed by atoms with E-state index in [-0.39, 0.29) is 29.5 Å². The molecule has 0 saturated heterocycles. The molecule has 4 rings (SSSR count). The molecule has 1 unspecified atom stereocenters. The summed E-state index contributed by atoms with van der Waals surface area (Å²) in [6.45, 7) is 0.154. The van der Waals surface area contributed by atoms with Gasteiger partial charge < -0.3 is 20.6 Å². The molecule has 1 fully saturated rings. The van der Waals surface area contributed by atoms with Crippen LogP contribution in [0, 0.1) is 5.92 Å². The van der Waals surface area contributed by atoms with E-state index in [1.807, 2.05) is 0 Å². The van der Waals surface area contributed by atoms with Crippen LogP contribution in [0.1, 0.15) is 53.1 Å². The molecule has 1 atom stereocenters. The molecule has 1 saturated carbocycles. The predicted molar refractivity (Wildman–Crippen MR) is 104 cm³/mol. The fraction of sp³-hybridized carbons (Fsp3) is 0.400. The zero-order valence-electron chi connectivity index (χ0n) is 15.9. The van der Waals surface area contributed by atoms with Crippen molar-refractivity contribution in [1.29, 1.82) is 0 Å². The molecule has 0 bridgehead atoms. The van der Waals surface area contributed by atoms with Gasteiger partial charge in [-0.2, -0.15) is 0 Å². The van der Waals surface area contributed by atoms with E-state index in [0.29, 0.717) is 11.5 Å². The van der Waals surface area contributed by atoms with Crippen molar-refractivity contribution in [3.63, 3.8) is 0 Å². The SMILES string of the molecule is NC(=O)c1ncn2c(C(=O)NCC(O)C3CCCCC3)cc(-c3ccco3)nc12. The Kier molecular flexibility index (Phi) is 5.30. The van der Waals surface area contributed by atoms with Gasteiger partial charge in [0.05, 0.1) is 12.4 Å². The average molecular weight is 397 g/mol. The fourth-order valence-corrected chi connectivity index (χ4v) is 3.84. The number of rotatable bonds is 6. The van der Waals surface area contributed by atoms with Gasteiger partial charge in [-0.3, -0.25) is 14.0 Å². The number of primary amides is 1. The van der Waals surface area contributed by atoms with Crippen molar-refractivity contribution in [2.75, 3.05) is 6.54 Å². The summed E-state index contributed by atoms with van der Waals surface area (Å²) in [4.78, 5) is 33.0. The molecular weight excluding hydrogens is 374 g/mol. The zero-order chi connectivity index (χ0) is 20.4. The highest BCUT2D eigenvalue weighted by atomic mass is 16.3. The second-order valence-corrected chi connectivity index (χ2v) is 7.33. The van der Waals surface area contributed by atoms with Crippen LogP contribution in [-0.2, 0) is 0 Å². The van der Waals surface area contributed by atoms with Crippen molar-refractivity contribution in [3.05, 3.63) is 42.2 Å². The van der Waals surface area contributed by atoms with E-state index < -0.39 is 17.9 Å². The predicted octanol–water partition coefficient (Wildman–Crippen LogP) is 1.76. The molecule has 0 aromatic carbocycles. The minimum Gasteiger partial charge on any atom is -0.463 e. The number of carbonyl (C=O) groups is 2. The highest BCUT2D eigenvalue weighted by Crippen LogP contribution is 2.26. The number of amides is 2. The Labute approximate surface area is 166 Å². The van der Waals surface area contributed by atoms with Crippen molar-refractivity contribution in [2.45, 2.75) is 38.2 Å². The van der Waals surface area contributed by atoms with E-state index in [4.69, 9.17) is 10.2 Å². The molecule has 0 spiro atoms. The lowest BCUT2D eigenvalue weighted by Crippen LogP contribution is -2.37. The molecule has 0 aliphatic heterocycles. The lowest BCUT2D eigenvalue weighted by atomic mass is 9.85. The van der Waals surface area contributed by atoms with Gasteiger partial charge in [0.15, 0.2) is 17.1 Å². The molecule has 1 aliphatic rings. The van der Waals surface area contributed by atoms with E-state index in [2.05, 4.69) is 15.3 Å². The van der Waals surface area contributed by atoms with Gasteiger partial charge >= 0.3 is 0 Å². The molecule has 2 amide bonds. The highest BCUT2D eigenvalue weighted by Gasteiger charge is 2.24. The standard InChI is InChI=1S/C20H23N5O4/c21-18(27)17-19-24-13(16-7-4-8-29-16)9-14(25(19)11-23-17)20(28)22-10-15(26)12-5-2-1-3-6-12/h4,7-9,11-12,15,26H,1-3,5-6,10H2,(H2,21,27)(H,22,28). The van der Waals surface area contributed by atoms with Crippen molar-refractivity contribution in [2.24, 2.45) is 11.7 Å². The van der Waals surface area contributed by atoms with Crippen LogP contribution in [0.5, 0.6) is 0 Å². The number of aromatic nitrogens is 3. The molecule has 9 nitrogen and oxygen atoms in total. The minimum absolute atomic E-state index is 0.0327. The van der Waals surface area contributed by atoms with E-state index in [1.165, 1.54) is 23.4 Å². The maximum absolute atomic E-state index is 12.9. The number of nitrogens with two attached hydrogens (primary N) is 1. The number of hydrogen-bond donors (Lipinski definition) is 3. The largest absolute Gasteiger partial charge is 0.463 e. The summed E-state index contributed by atoms with van der Waals surface area (Å²) in [5, 5.41) is 13.2. The third-order valence-electron chi connectivity index (χ3n) is 5.41. The number of aliphatic hydroxyl groups excluding tert-OH is 1. The summed E-state index contributed by atoms with van der Waals surface area (Å²) >= 11 is 0. The van der Waals surface area contributed by atoms with Crippen molar-refractivity contribution in [1.82, 2.24) is 19.7 Å². The number of fused-ring (bicyclic) bond motifs is 1. The van der Waals surface area contributed by atoms with E-state index in [9.17, 15) is 14.7 Å².